The maximum Gasteiger partial charge on any atom is 0.293 e. The zero-order valence-corrected chi connectivity index (χ0v) is 11.9. The molecule has 2 aromatic rings. The van der Waals surface area contributed by atoms with Crippen LogP contribution in [-0.4, -0.2) is 11.2 Å². The van der Waals surface area contributed by atoms with Crippen LogP contribution < -0.4 is 10.3 Å². The topological polar surface area (TPSA) is 31.2 Å². The van der Waals surface area contributed by atoms with E-state index in [0.717, 1.165) is 5.56 Å². The van der Waals surface area contributed by atoms with E-state index in [1.54, 1.807) is 35.0 Å². The molecule has 2 rings (SSSR count). The number of nitrogens with zero attached hydrogens (tertiary/aromatic N) is 1. The Hall–Kier alpha value is -1.45. The van der Waals surface area contributed by atoms with Crippen LogP contribution >= 0.6 is 23.2 Å². The first kappa shape index (κ1) is 14.0. The zero-order chi connectivity index (χ0) is 13.8. The van der Waals surface area contributed by atoms with Crippen molar-refractivity contribution in [2.75, 3.05) is 6.61 Å². The highest BCUT2D eigenvalue weighted by Crippen LogP contribution is 2.22. The van der Waals surface area contributed by atoms with E-state index in [1.807, 2.05) is 13.0 Å². The smallest absolute Gasteiger partial charge is 0.293 e. The Morgan fingerprint density at radius 3 is 2.68 bits per heavy atom. The van der Waals surface area contributed by atoms with Crippen molar-refractivity contribution in [3.8, 4) is 5.75 Å². The second-order valence-electron chi connectivity index (χ2n) is 3.99. The molecule has 0 aliphatic heterocycles. The van der Waals surface area contributed by atoms with E-state index >= 15 is 0 Å². The van der Waals surface area contributed by atoms with E-state index in [1.165, 1.54) is 0 Å². The molecule has 0 N–H and O–H groups in total. The molecule has 1 heterocycles. The van der Waals surface area contributed by atoms with Crippen LogP contribution in [0.4, 0.5) is 0 Å². The average molecular weight is 298 g/mol. The van der Waals surface area contributed by atoms with E-state index in [0.29, 0.717) is 28.9 Å². The summed E-state index contributed by atoms with van der Waals surface area (Å²) in [4.78, 5) is 12.1. The second-order valence-corrected chi connectivity index (χ2v) is 4.80. The molecule has 0 unspecified atom stereocenters. The lowest BCUT2D eigenvalue weighted by Crippen LogP contribution is -2.21. The predicted molar refractivity (Wildman–Crippen MR) is 77.4 cm³/mol. The molecule has 0 atom stereocenters. The predicted octanol–water partition coefficient (Wildman–Crippen LogP) is 3.60. The number of hydrogen-bond acceptors (Lipinski definition) is 2. The normalized spacial score (nSPS) is 10.5. The number of hydrogen-bond donors (Lipinski definition) is 0. The van der Waals surface area contributed by atoms with Crippen LogP contribution in [0.5, 0.6) is 5.75 Å². The van der Waals surface area contributed by atoms with Gasteiger partial charge in [-0.15, -0.1) is 0 Å². The van der Waals surface area contributed by atoms with E-state index < -0.39 is 0 Å². The summed E-state index contributed by atoms with van der Waals surface area (Å²) in [5.74, 6) is 0.352. The Balaban J connectivity index is 2.30. The van der Waals surface area contributed by atoms with Crippen molar-refractivity contribution in [3.63, 3.8) is 0 Å². The molecule has 0 amide bonds. The molecule has 0 radical (unpaired) electrons. The summed E-state index contributed by atoms with van der Waals surface area (Å²) < 4.78 is 6.85. The number of benzene rings is 1. The molecule has 1 aromatic heterocycles. The van der Waals surface area contributed by atoms with Crippen molar-refractivity contribution in [1.29, 1.82) is 0 Å². The van der Waals surface area contributed by atoms with Gasteiger partial charge in [-0.1, -0.05) is 29.3 Å². The summed E-state index contributed by atoms with van der Waals surface area (Å²) in [6.07, 6.45) is 1.72. The number of rotatable bonds is 4. The minimum absolute atomic E-state index is 0.157. The molecule has 5 heteroatoms. The number of ether oxygens (including phenoxy) is 1. The third-order valence-electron chi connectivity index (χ3n) is 2.62. The van der Waals surface area contributed by atoms with E-state index in [-0.39, 0.29) is 5.56 Å². The molecule has 1 aromatic carbocycles. The van der Waals surface area contributed by atoms with Gasteiger partial charge in [-0.2, -0.15) is 0 Å². The number of pyridine rings is 1. The van der Waals surface area contributed by atoms with Crippen LogP contribution in [-0.2, 0) is 6.54 Å². The zero-order valence-electron chi connectivity index (χ0n) is 10.4. The van der Waals surface area contributed by atoms with Crippen LogP contribution in [0.1, 0.15) is 12.5 Å². The fourth-order valence-electron chi connectivity index (χ4n) is 1.74. The Labute approximate surface area is 121 Å². The number of halogens is 2. The van der Waals surface area contributed by atoms with E-state index in [9.17, 15) is 4.79 Å². The standard InChI is InChI=1S/C14H13Cl2NO2/c1-2-19-13-4-3-7-17(14(13)18)9-10-5-6-11(15)12(16)8-10/h3-8H,2,9H2,1H3. The van der Waals surface area contributed by atoms with Gasteiger partial charge in [0.15, 0.2) is 5.75 Å². The van der Waals surface area contributed by atoms with Gasteiger partial charge >= 0.3 is 0 Å². The highest BCUT2D eigenvalue weighted by molar-refractivity contribution is 6.42. The lowest BCUT2D eigenvalue weighted by molar-refractivity contribution is 0.332. The highest BCUT2D eigenvalue weighted by Gasteiger charge is 2.05. The van der Waals surface area contributed by atoms with Gasteiger partial charge < -0.3 is 9.30 Å². The second kappa shape index (κ2) is 6.13. The summed E-state index contributed by atoms with van der Waals surface area (Å²) in [5.41, 5.74) is 0.751. The van der Waals surface area contributed by atoms with Gasteiger partial charge in [-0.3, -0.25) is 4.79 Å². The molecule has 0 aliphatic rings. The number of aromatic nitrogens is 1. The van der Waals surface area contributed by atoms with Gasteiger partial charge in [-0.05, 0) is 36.8 Å². The highest BCUT2D eigenvalue weighted by atomic mass is 35.5. The van der Waals surface area contributed by atoms with Crippen LogP contribution in [0.3, 0.4) is 0 Å². The van der Waals surface area contributed by atoms with Crippen molar-refractivity contribution in [2.45, 2.75) is 13.5 Å². The largest absolute Gasteiger partial charge is 0.488 e. The van der Waals surface area contributed by atoms with Crippen LogP contribution in [0.25, 0.3) is 0 Å². The fourth-order valence-corrected chi connectivity index (χ4v) is 2.06. The van der Waals surface area contributed by atoms with E-state index in [4.69, 9.17) is 27.9 Å². The van der Waals surface area contributed by atoms with Crippen molar-refractivity contribution in [2.24, 2.45) is 0 Å². The van der Waals surface area contributed by atoms with Gasteiger partial charge in [0.05, 0.1) is 23.2 Å². The van der Waals surface area contributed by atoms with Crippen molar-refractivity contribution >= 4 is 23.2 Å². The maximum atomic E-state index is 12.1. The Kier molecular flexibility index (Phi) is 4.51. The molecular formula is C14H13Cl2NO2. The first-order chi connectivity index (χ1) is 9.11. The quantitative estimate of drug-likeness (QED) is 0.863. The van der Waals surface area contributed by atoms with Crippen LogP contribution in [0.2, 0.25) is 10.0 Å². The van der Waals surface area contributed by atoms with Crippen molar-refractivity contribution in [1.82, 2.24) is 4.57 Å². The lowest BCUT2D eigenvalue weighted by atomic mass is 10.2. The molecule has 0 spiro atoms. The molecule has 0 saturated carbocycles. The monoisotopic (exact) mass is 297 g/mol. The maximum absolute atomic E-state index is 12.1. The summed E-state index contributed by atoms with van der Waals surface area (Å²) in [6.45, 7) is 2.73. The van der Waals surface area contributed by atoms with Crippen molar-refractivity contribution in [3.05, 3.63) is 62.5 Å². The molecule has 19 heavy (non-hydrogen) atoms. The van der Waals surface area contributed by atoms with Crippen molar-refractivity contribution < 1.29 is 4.74 Å². The summed E-state index contributed by atoms with van der Waals surface area (Å²) in [6, 6.07) is 8.76. The SMILES string of the molecule is CCOc1cccn(Cc2ccc(Cl)c(Cl)c2)c1=O. The van der Waals surface area contributed by atoms with E-state index in [2.05, 4.69) is 0 Å². The molecule has 100 valence electrons. The first-order valence-corrected chi connectivity index (χ1v) is 6.63. The third kappa shape index (κ3) is 3.31. The average Bonchev–Trinajstić information content (AvgIpc) is 2.39. The summed E-state index contributed by atoms with van der Waals surface area (Å²) >= 11 is 11.8. The minimum Gasteiger partial charge on any atom is -0.488 e. The van der Waals surface area contributed by atoms with Crippen LogP contribution in [0, 0.1) is 0 Å². The van der Waals surface area contributed by atoms with Crippen LogP contribution in [0.15, 0.2) is 41.3 Å². The molecule has 0 bridgehead atoms. The van der Waals surface area contributed by atoms with Gasteiger partial charge in [0, 0.05) is 6.20 Å². The van der Waals surface area contributed by atoms with Gasteiger partial charge in [-0.25, -0.2) is 0 Å². The van der Waals surface area contributed by atoms with Gasteiger partial charge in [0.1, 0.15) is 0 Å². The third-order valence-corrected chi connectivity index (χ3v) is 3.36. The fraction of sp³-hybridized carbons (Fsp3) is 0.214. The van der Waals surface area contributed by atoms with Gasteiger partial charge in [0.25, 0.3) is 5.56 Å². The Morgan fingerprint density at radius 1 is 1.21 bits per heavy atom. The summed E-state index contributed by atoms with van der Waals surface area (Å²) in [5, 5.41) is 0.981. The minimum atomic E-state index is -0.157. The Morgan fingerprint density at radius 2 is 2.00 bits per heavy atom. The molecular weight excluding hydrogens is 285 g/mol. The summed E-state index contributed by atoms with van der Waals surface area (Å²) in [7, 11) is 0. The van der Waals surface area contributed by atoms with Gasteiger partial charge in [0.2, 0.25) is 0 Å². The first-order valence-electron chi connectivity index (χ1n) is 5.88. The molecule has 0 saturated heterocycles. The lowest BCUT2D eigenvalue weighted by Gasteiger charge is -2.09. The molecule has 3 nitrogen and oxygen atoms in total. The molecule has 0 fully saturated rings. The molecule has 0 aliphatic carbocycles. The Bertz CT molecular complexity index is 638.